The maximum Gasteiger partial charge on any atom is 0.458 e. The minimum Gasteiger partial charge on any atom is -0.375 e. The first kappa shape index (κ1) is 19.3. The number of nitrogens with zero attached hydrogens (tertiary/aromatic N) is 1. The molecule has 0 radical (unpaired) electrons. The molecule has 0 heterocycles. The number of hydrogen-bond donors (Lipinski definition) is 0. The van der Waals surface area contributed by atoms with E-state index in [-0.39, 0.29) is 4.90 Å². The fourth-order valence-electron chi connectivity index (χ4n) is 2.51. The Morgan fingerprint density at radius 1 is 0.760 bits per heavy atom. The highest BCUT2D eigenvalue weighted by molar-refractivity contribution is 5.83. The molecule has 1 aromatic carbocycles. The standard InChI is InChI=1S/C13H6F11N/c1-25(2)10-5(12(20,21)13(22,23)24)3-4(11(10,18)19)7(15)9(17)8(16)6(3)14/h1-2H3. The van der Waals surface area contributed by atoms with Crippen LogP contribution in [0, 0.1) is 23.3 Å². The van der Waals surface area contributed by atoms with E-state index in [1.165, 1.54) is 0 Å². The number of hydrogen-bond acceptors (Lipinski definition) is 1. The molecule has 0 spiro atoms. The zero-order valence-corrected chi connectivity index (χ0v) is 12.1. The Kier molecular flexibility index (Phi) is 4.05. The Morgan fingerprint density at radius 3 is 1.60 bits per heavy atom. The molecule has 1 aliphatic rings. The third kappa shape index (κ3) is 2.36. The smallest absolute Gasteiger partial charge is 0.375 e. The van der Waals surface area contributed by atoms with Crippen molar-refractivity contribution < 1.29 is 48.3 Å². The Bertz CT molecular complexity index is 773. The average molecular weight is 385 g/mol. The van der Waals surface area contributed by atoms with Crippen LogP contribution in [-0.4, -0.2) is 31.1 Å². The summed E-state index contributed by atoms with van der Waals surface area (Å²) in [4.78, 5) is 0.0592. The second kappa shape index (κ2) is 5.24. The van der Waals surface area contributed by atoms with Gasteiger partial charge < -0.3 is 4.90 Å². The Labute approximate surface area is 132 Å². The van der Waals surface area contributed by atoms with Gasteiger partial charge in [0, 0.05) is 19.7 Å². The van der Waals surface area contributed by atoms with Crippen molar-refractivity contribution in [1.29, 1.82) is 0 Å². The van der Waals surface area contributed by atoms with Gasteiger partial charge >= 0.3 is 18.0 Å². The fraction of sp³-hybridized carbons (Fsp3) is 0.385. The van der Waals surface area contributed by atoms with E-state index in [1.54, 1.807) is 0 Å². The highest BCUT2D eigenvalue weighted by atomic mass is 19.4. The predicted molar refractivity (Wildman–Crippen MR) is 61.8 cm³/mol. The molecule has 2 rings (SSSR count). The summed E-state index contributed by atoms with van der Waals surface area (Å²) in [6.45, 7) is 0. The summed E-state index contributed by atoms with van der Waals surface area (Å²) in [5.41, 5.74) is -9.59. The monoisotopic (exact) mass is 385 g/mol. The van der Waals surface area contributed by atoms with Gasteiger partial charge in [-0.25, -0.2) is 17.6 Å². The summed E-state index contributed by atoms with van der Waals surface area (Å²) < 4.78 is 148. The van der Waals surface area contributed by atoms with Gasteiger partial charge in [-0.15, -0.1) is 0 Å². The number of likely N-dealkylation sites (N-methyl/N-ethyl adjacent to an activating group) is 1. The van der Waals surface area contributed by atoms with Gasteiger partial charge in [-0.1, -0.05) is 0 Å². The molecule has 25 heavy (non-hydrogen) atoms. The van der Waals surface area contributed by atoms with Crippen LogP contribution in [0.3, 0.4) is 0 Å². The third-order valence-corrected chi connectivity index (χ3v) is 3.48. The molecule has 1 aromatic rings. The first-order chi connectivity index (χ1) is 11.1. The van der Waals surface area contributed by atoms with E-state index in [4.69, 9.17) is 0 Å². The lowest BCUT2D eigenvalue weighted by atomic mass is 9.98. The van der Waals surface area contributed by atoms with Crippen LogP contribution in [0.4, 0.5) is 48.3 Å². The van der Waals surface area contributed by atoms with Gasteiger partial charge in [0.15, 0.2) is 23.3 Å². The first-order valence-corrected chi connectivity index (χ1v) is 6.20. The summed E-state index contributed by atoms with van der Waals surface area (Å²) in [5, 5.41) is 0. The second-order valence-corrected chi connectivity index (χ2v) is 5.27. The lowest BCUT2D eigenvalue weighted by Crippen LogP contribution is -2.39. The summed E-state index contributed by atoms with van der Waals surface area (Å²) in [5.74, 6) is -22.1. The van der Waals surface area contributed by atoms with Crippen LogP contribution in [0.25, 0.3) is 5.57 Å². The molecular weight excluding hydrogens is 379 g/mol. The Hall–Kier alpha value is -2.01. The molecule has 12 heteroatoms. The van der Waals surface area contributed by atoms with Crippen LogP contribution in [0.2, 0.25) is 0 Å². The van der Waals surface area contributed by atoms with Gasteiger partial charge in [-0.3, -0.25) is 0 Å². The molecular formula is C13H6F11N. The van der Waals surface area contributed by atoms with Gasteiger partial charge in [0.1, 0.15) is 0 Å². The molecule has 1 aliphatic carbocycles. The SMILES string of the molecule is CN(C)C1=C(C(F)(F)C(F)(F)F)c2c(F)c(F)c(F)c(F)c2C1(F)F. The summed E-state index contributed by atoms with van der Waals surface area (Å²) in [6, 6.07) is 0. The summed E-state index contributed by atoms with van der Waals surface area (Å²) >= 11 is 0. The molecule has 1 nitrogen and oxygen atoms in total. The highest BCUT2D eigenvalue weighted by Crippen LogP contribution is 2.59. The molecule has 0 amide bonds. The van der Waals surface area contributed by atoms with Crippen LogP contribution in [-0.2, 0) is 5.92 Å². The molecule has 0 aromatic heterocycles. The van der Waals surface area contributed by atoms with Crippen LogP contribution in [0.1, 0.15) is 11.1 Å². The predicted octanol–water partition coefficient (Wildman–Crippen LogP) is 4.82. The minimum atomic E-state index is -6.49. The fourth-order valence-corrected chi connectivity index (χ4v) is 2.51. The molecule has 0 unspecified atom stereocenters. The summed E-state index contributed by atoms with van der Waals surface area (Å²) in [6.07, 6.45) is -6.49. The minimum absolute atomic E-state index is 0.0592. The van der Waals surface area contributed by atoms with E-state index >= 15 is 0 Å². The van der Waals surface area contributed by atoms with Crippen molar-refractivity contribution in [3.8, 4) is 0 Å². The Balaban J connectivity index is 3.08. The van der Waals surface area contributed by atoms with Crippen molar-refractivity contribution >= 4 is 5.57 Å². The molecule has 0 saturated heterocycles. The number of fused-ring (bicyclic) bond motifs is 1. The molecule has 0 fully saturated rings. The van der Waals surface area contributed by atoms with Crippen molar-refractivity contribution in [2.75, 3.05) is 14.1 Å². The molecule has 0 N–H and O–H groups in total. The van der Waals surface area contributed by atoms with Crippen molar-refractivity contribution in [2.24, 2.45) is 0 Å². The third-order valence-electron chi connectivity index (χ3n) is 3.48. The van der Waals surface area contributed by atoms with Crippen molar-refractivity contribution in [1.82, 2.24) is 4.90 Å². The van der Waals surface area contributed by atoms with Gasteiger partial charge in [-0.2, -0.15) is 30.7 Å². The van der Waals surface area contributed by atoms with Gasteiger partial charge in [-0.05, 0) is 0 Å². The van der Waals surface area contributed by atoms with Crippen molar-refractivity contribution in [3.63, 3.8) is 0 Å². The quantitative estimate of drug-likeness (QED) is 0.401. The number of halogens is 11. The van der Waals surface area contributed by atoms with Gasteiger partial charge in [0.05, 0.1) is 16.8 Å². The van der Waals surface area contributed by atoms with Crippen LogP contribution >= 0.6 is 0 Å². The number of benzene rings is 1. The molecule has 0 bridgehead atoms. The maximum absolute atomic E-state index is 14.3. The van der Waals surface area contributed by atoms with Crippen LogP contribution in [0.15, 0.2) is 5.70 Å². The highest BCUT2D eigenvalue weighted by Gasteiger charge is 2.67. The summed E-state index contributed by atoms with van der Waals surface area (Å²) in [7, 11) is 1.20. The topological polar surface area (TPSA) is 3.24 Å². The van der Waals surface area contributed by atoms with E-state index < -0.39 is 63.7 Å². The lowest BCUT2D eigenvalue weighted by molar-refractivity contribution is -0.254. The first-order valence-electron chi connectivity index (χ1n) is 6.20. The van der Waals surface area contributed by atoms with E-state index in [9.17, 15) is 48.3 Å². The number of allylic oxidation sites excluding steroid dienone is 2. The second-order valence-electron chi connectivity index (χ2n) is 5.27. The van der Waals surface area contributed by atoms with Crippen molar-refractivity contribution in [3.05, 3.63) is 40.1 Å². The van der Waals surface area contributed by atoms with E-state index in [1.807, 2.05) is 0 Å². The normalized spacial score (nSPS) is 17.2. The van der Waals surface area contributed by atoms with E-state index in [0.717, 1.165) is 0 Å². The molecule has 0 aliphatic heterocycles. The largest absolute Gasteiger partial charge is 0.458 e. The van der Waals surface area contributed by atoms with Crippen LogP contribution < -0.4 is 0 Å². The van der Waals surface area contributed by atoms with Gasteiger partial charge in [0.2, 0.25) is 0 Å². The molecule has 0 saturated carbocycles. The zero-order chi connectivity index (χ0) is 19.7. The Morgan fingerprint density at radius 2 is 1.20 bits per heavy atom. The molecule has 140 valence electrons. The van der Waals surface area contributed by atoms with Gasteiger partial charge in [0.25, 0.3) is 0 Å². The van der Waals surface area contributed by atoms with Crippen LogP contribution in [0.5, 0.6) is 0 Å². The average Bonchev–Trinajstić information content (AvgIpc) is 2.69. The maximum atomic E-state index is 14.3. The van der Waals surface area contributed by atoms with E-state index in [0.29, 0.717) is 14.1 Å². The van der Waals surface area contributed by atoms with E-state index in [2.05, 4.69) is 0 Å². The van der Waals surface area contributed by atoms with Crippen molar-refractivity contribution in [2.45, 2.75) is 18.0 Å². The lowest BCUT2D eigenvalue weighted by Gasteiger charge is -2.27. The molecule has 0 atom stereocenters. The number of alkyl halides is 7. The zero-order valence-electron chi connectivity index (χ0n) is 12.1. The number of rotatable bonds is 2.